The monoisotopic (exact) mass is 297 g/mol. The zero-order chi connectivity index (χ0) is 14.9. The molecular formula is C11H15N5O3S. The first-order valence-corrected chi connectivity index (χ1v) is 7.26. The van der Waals surface area contributed by atoms with E-state index >= 15 is 0 Å². The lowest BCUT2D eigenvalue weighted by atomic mass is 10.3. The molecular weight excluding hydrogens is 282 g/mol. The average Bonchev–Trinajstić information content (AvgIpc) is 2.96. The average molecular weight is 297 g/mol. The standard InChI is InChI=1S/C11H15N5O3S/c1-15-6-8(20(12,18)19)5-9(15)11(17)16(2)7-10-13-3-4-14-10/h3-6H,7H2,1-2H3,(H,13,14)(H2,12,18,19). The number of amides is 1. The summed E-state index contributed by atoms with van der Waals surface area (Å²) in [6.07, 6.45) is 4.56. The summed E-state index contributed by atoms with van der Waals surface area (Å²) in [7, 11) is -0.632. The van der Waals surface area contributed by atoms with E-state index in [1.54, 1.807) is 26.5 Å². The number of carbonyl (C=O) groups excluding carboxylic acids is 1. The Hall–Kier alpha value is -2.13. The molecule has 108 valence electrons. The number of primary sulfonamides is 1. The fourth-order valence-corrected chi connectivity index (χ4v) is 2.36. The molecule has 0 aliphatic rings. The first-order valence-electron chi connectivity index (χ1n) is 5.72. The summed E-state index contributed by atoms with van der Waals surface area (Å²) in [5.41, 5.74) is 0.239. The van der Waals surface area contributed by atoms with Gasteiger partial charge in [0.2, 0.25) is 10.0 Å². The van der Waals surface area contributed by atoms with E-state index in [0.717, 1.165) is 0 Å². The van der Waals surface area contributed by atoms with Crippen LogP contribution in [0.2, 0.25) is 0 Å². The third-order valence-electron chi connectivity index (χ3n) is 2.82. The molecule has 2 rings (SSSR count). The Morgan fingerprint density at radius 2 is 2.25 bits per heavy atom. The number of nitrogens with zero attached hydrogens (tertiary/aromatic N) is 3. The molecule has 2 aromatic heterocycles. The second-order valence-corrected chi connectivity index (χ2v) is 5.98. The first kappa shape index (κ1) is 14.3. The van der Waals surface area contributed by atoms with Gasteiger partial charge in [-0.05, 0) is 6.07 Å². The molecule has 0 atom stereocenters. The summed E-state index contributed by atoms with van der Waals surface area (Å²) in [6.45, 7) is 0.293. The summed E-state index contributed by atoms with van der Waals surface area (Å²) in [6, 6.07) is 1.26. The van der Waals surface area contributed by atoms with Crippen molar-refractivity contribution in [2.75, 3.05) is 7.05 Å². The Morgan fingerprint density at radius 1 is 1.55 bits per heavy atom. The summed E-state index contributed by atoms with van der Waals surface area (Å²) in [4.78, 5) is 20.5. The molecule has 0 saturated heterocycles. The molecule has 0 radical (unpaired) electrons. The Labute approximate surface area is 116 Å². The van der Waals surface area contributed by atoms with Crippen LogP contribution >= 0.6 is 0 Å². The lowest BCUT2D eigenvalue weighted by Gasteiger charge is -2.15. The van der Waals surface area contributed by atoms with Crippen molar-refractivity contribution in [3.63, 3.8) is 0 Å². The van der Waals surface area contributed by atoms with Crippen LogP contribution in [-0.4, -0.2) is 40.8 Å². The van der Waals surface area contributed by atoms with Crippen LogP contribution < -0.4 is 5.14 Å². The van der Waals surface area contributed by atoms with Crippen molar-refractivity contribution in [2.24, 2.45) is 12.2 Å². The molecule has 0 fully saturated rings. The van der Waals surface area contributed by atoms with Gasteiger partial charge in [0.25, 0.3) is 5.91 Å². The van der Waals surface area contributed by atoms with E-state index in [0.29, 0.717) is 12.4 Å². The van der Waals surface area contributed by atoms with Gasteiger partial charge in [0.1, 0.15) is 16.4 Å². The zero-order valence-electron chi connectivity index (χ0n) is 11.1. The molecule has 0 saturated carbocycles. The van der Waals surface area contributed by atoms with E-state index in [9.17, 15) is 13.2 Å². The molecule has 0 bridgehead atoms. The van der Waals surface area contributed by atoms with Gasteiger partial charge in [-0.15, -0.1) is 0 Å². The number of carbonyl (C=O) groups is 1. The van der Waals surface area contributed by atoms with Crippen LogP contribution in [0.15, 0.2) is 29.6 Å². The molecule has 0 aliphatic heterocycles. The number of imidazole rings is 1. The summed E-state index contributed by atoms with van der Waals surface area (Å²) in [5, 5.41) is 5.04. The Balaban J connectivity index is 2.23. The topological polar surface area (TPSA) is 114 Å². The quantitative estimate of drug-likeness (QED) is 0.804. The number of hydrogen-bond acceptors (Lipinski definition) is 4. The van der Waals surface area contributed by atoms with Crippen LogP contribution in [0.25, 0.3) is 0 Å². The predicted octanol–water partition coefficient (Wildman–Crippen LogP) is -0.332. The Kier molecular flexibility index (Phi) is 3.64. The van der Waals surface area contributed by atoms with E-state index in [2.05, 4.69) is 9.97 Å². The lowest BCUT2D eigenvalue weighted by molar-refractivity contribution is 0.0772. The molecule has 9 heteroatoms. The zero-order valence-corrected chi connectivity index (χ0v) is 11.9. The van der Waals surface area contributed by atoms with E-state index in [1.165, 1.54) is 21.7 Å². The minimum absolute atomic E-state index is 0.0882. The van der Waals surface area contributed by atoms with Crippen LogP contribution in [0.1, 0.15) is 16.3 Å². The largest absolute Gasteiger partial charge is 0.347 e. The summed E-state index contributed by atoms with van der Waals surface area (Å²) in [5.74, 6) is 0.320. The van der Waals surface area contributed by atoms with Crippen molar-refractivity contribution >= 4 is 15.9 Å². The van der Waals surface area contributed by atoms with Crippen molar-refractivity contribution in [1.29, 1.82) is 0 Å². The second-order valence-electron chi connectivity index (χ2n) is 4.41. The summed E-state index contributed by atoms with van der Waals surface area (Å²) < 4.78 is 24.0. The SMILES string of the molecule is CN(Cc1ncc[nH]1)C(=O)c1cc(S(N)(=O)=O)cn1C. The molecule has 20 heavy (non-hydrogen) atoms. The molecule has 0 spiro atoms. The number of aromatic amines is 1. The van der Waals surface area contributed by atoms with Crippen LogP contribution in [0, 0.1) is 0 Å². The Morgan fingerprint density at radius 3 is 2.75 bits per heavy atom. The minimum Gasteiger partial charge on any atom is -0.347 e. The maximum Gasteiger partial charge on any atom is 0.270 e. The minimum atomic E-state index is -3.82. The van der Waals surface area contributed by atoms with Crippen LogP contribution in [0.4, 0.5) is 0 Å². The first-order chi connectivity index (χ1) is 9.29. The van der Waals surface area contributed by atoms with Gasteiger partial charge in [-0.2, -0.15) is 0 Å². The fourth-order valence-electron chi connectivity index (χ4n) is 1.78. The van der Waals surface area contributed by atoms with Crippen molar-refractivity contribution in [1.82, 2.24) is 19.4 Å². The smallest absolute Gasteiger partial charge is 0.270 e. The van der Waals surface area contributed by atoms with E-state index < -0.39 is 10.0 Å². The number of nitrogens with two attached hydrogens (primary N) is 1. The van der Waals surface area contributed by atoms with Gasteiger partial charge in [0.15, 0.2) is 0 Å². The van der Waals surface area contributed by atoms with Gasteiger partial charge in [-0.25, -0.2) is 18.5 Å². The Bertz CT molecular complexity index is 717. The number of H-pyrrole nitrogens is 1. The van der Waals surface area contributed by atoms with Gasteiger partial charge in [0, 0.05) is 32.7 Å². The molecule has 1 amide bonds. The van der Waals surface area contributed by atoms with Crippen molar-refractivity contribution in [2.45, 2.75) is 11.4 Å². The number of aryl methyl sites for hydroxylation is 1. The number of hydrogen-bond donors (Lipinski definition) is 2. The number of rotatable bonds is 4. The number of aromatic nitrogens is 3. The van der Waals surface area contributed by atoms with Crippen molar-refractivity contribution in [3.8, 4) is 0 Å². The molecule has 8 nitrogen and oxygen atoms in total. The predicted molar refractivity (Wildman–Crippen MR) is 71.2 cm³/mol. The highest BCUT2D eigenvalue weighted by molar-refractivity contribution is 7.89. The van der Waals surface area contributed by atoms with Gasteiger partial charge < -0.3 is 14.5 Å². The van der Waals surface area contributed by atoms with Gasteiger partial charge in [0.05, 0.1) is 6.54 Å². The van der Waals surface area contributed by atoms with Crippen LogP contribution in [0.3, 0.4) is 0 Å². The maximum absolute atomic E-state index is 12.3. The highest BCUT2D eigenvalue weighted by Gasteiger charge is 2.20. The molecule has 0 aliphatic carbocycles. The second kappa shape index (κ2) is 5.10. The normalized spacial score (nSPS) is 11.6. The van der Waals surface area contributed by atoms with E-state index in [-0.39, 0.29) is 16.5 Å². The van der Waals surface area contributed by atoms with Gasteiger partial charge in [-0.3, -0.25) is 4.79 Å². The molecule has 3 N–H and O–H groups in total. The third kappa shape index (κ3) is 2.89. The van der Waals surface area contributed by atoms with Crippen LogP contribution in [0.5, 0.6) is 0 Å². The third-order valence-corrected chi connectivity index (χ3v) is 3.70. The van der Waals surface area contributed by atoms with Gasteiger partial charge in [-0.1, -0.05) is 0 Å². The molecule has 0 unspecified atom stereocenters. The molecule has 2 aromatic rings. The van der Waals surface area contributed by atoms with Crippen molar-refractivity contribution in [3.05, 3.63) is 36.2 Å². The van der Waals surface area contributed by atoms with E-state index in [4.69, 9.17) is 5.14 Å². The highest BCUT2D eigenvalue weighted by atomic mass is 32.2. The number of sulfonamides is 1. The van der Waals surface area contributed by atoms with Crippen LogP contribution in [-0.2, 0) is 23.6 Å². The molecule has 2 heterocycles. The van der Waals surface area contributed by atoms with E-state index in [1.807, 2.05) is 0 Å². The number of nitrogens with one attached hydrogen (secondary N) is 1. The maximum atomic E-state index is 12.3. The molecule has 0 aromatic carbocycles. The fraction of sp³-hybridized carbons (Fsp3) is 0.273. The summed E-state index contributed by atoms with van der Waals surface area (Å²) >= 11 is 0. The van der Waals surface area contributed by atoms with Crippen molar-refractivity contribution < 1.29 is 13.2 Å². The highest BCUT2D eigenvalue weighted by Crippen LogP contribution is 2.14. The lowest BCUT2D eigenvalue weighted by Crippen LogP contribution is -2.28. The van der Waals surface area contributed by atoms with Gasteiger partial charge >= 0.3 is 0 Å².